The maximum Gasteiger partial charge on any atom is 0.222 e. The summed E-state index contributed by atoms with van der Waals surface area (Å²) >= 11 is 0. The molecule has 0 unspecified atom stereocenters. The topological polar surface area (TPSA) is 32.3 Å². The van der Waals surface area contributed by atoms with E-state index in [2.05, 4.69) is 36.5 Å². The van der Waals surface area contributed by atoms with Crippen molar-refractivity contribution in [1.29, 1.82) is 0 Å². The van der Waals surface area contributed by atoms with Gasteiger partial charge in [-0.1, -0.05) is 31.2 Å². The number of hydrogen-bond donors (Lipinski definition) is 1. The van der Waals surface area contributed by atoms with Gasteiger partial charge >= 0.3 is 0 Å². The Kier molecular flexibility index (Phi) is 7.63. The number of hydrogen-bond acceptors (Lipinski definition) is 2. The maximum absolute atomic E-state index is 12.1. The number of carbonyl (C=O) groups is 1. The Morgan fingerprint density at radius 2 is 1.85 bits per heavy atom. The molecule has 0 aliphatic carbocycles. The van der Waals surface area contributed by atoms with Gasteiger partial charge in [0, 0.05) is 26.1 Å². The maximum atomic E-state index is 12.1. The Labute approximate surface area is 128 Å². The average Bonchev–Trinajstić information content (AvgIpc) is 2.74. The van der Waals surface area contributed by atoms with Crippen LogP contribution < -0.4 is 5.32 Å². The molecule has 112 valence electrons. The highest BCUT2D eigenvalue weighted by atomic mass is 35.5. The number of amides is 1. The molecule has 0 spiro atoms. The first-order valence-electron chi connectivity index (χ1n) is 7.36. The number of nitrogens with one attached hydrogen (secondary N) is 1. The van der Waals surface area contributed by atoms with Gasteiger partial charge in [-0.15, -0.1) is 12.4 Å². The molecule has 20 heavy (non-hydrogen) atoms. The second-order valence-corrected chi connectivity index (χ2v) is 5.15. The molecule has 1 saturated heterocycles. The molecule has 4 heteroatoms. The zero-order valence-corrected chi connectivity index (χ0v) is 13.0. The Hall–Kier alpha value is -1.06. The van der Waals surface area contributed by atoms with Gasteiger partial charge in [0.2, 0.25) is 5.91 Å². The van der Waals surface area contributed by atoms with Crippen LogP contribution in [-0.4, -0.2) is 37.0 Å². The standard InChI is InChI=1S/C16H24N2O.ClH/c1-2-14-4-6-15(7-5-14)8-9-16(19)18-12-3-10-17-11-13-18;/h4-7,17H,2-3,8-13H2,1H3;1H. The highest BCUT2D eigenvalue weighted by molar-refractivity contribution is 5.85. The van der Waals surface area contributed by atoms with Crippen LogP contribution in [0.4, 0.5) is 0 Å². The van der Waals surface area contributed by atoms with Gasteiger partial charge in [-0.3, -0.25) is 4.79 Å². The number of rotatable bonds is 4. The zero-order chi connectivity index (χ0) is 13.5. The van der Waals surface area contributed by atoms with Crippen LogP contribution >= 0.6 is 12.4 Å². The Bertz CT molecular complexity index is 397. The minimum Gasteiger partial charge on any atom is -0.341 e. The molecule has 1 N–H and O–H groups in total. The summed E-state index contributed by atoms with van der Waals surface area (Å²) in [6.45, 7) is 5.87. The molecular weight excluding hydrogens is 272 g/mol. The van der Waals surface area contributed by atoms with Gasteiger partial charge in [-0.2, -0.15) is 0 Å². The minimum absolute atomic E-state index is 0. The molecule has 0 aromatic heterocycles. The van der Waals surface area contributed by atoms with E-state index in [9.17, 15) is 4.79 Å². The summed E-state index contributed by atoms with van der Waals surface area (Å²) in [5.74, 6) is 0.295. The van der Waals surface area contributed by atoms with Crippen molar-refractivity contribution in [1.82, 2.24) is 10.2 Å². The highest BCUT2D eigenvalue weighted by Crippen LogP contribution is 2.09. The third-order valence-electron chi connectivity index (χ3n) is 3.75. The summed E-state index contributed by atoms with van der Waals surface area (Å²) < 4.78 is 0. The van der Waals surface area contributed by atoms with E-state index in [0.29, 0.717) is 12.3 Å². The van der Waals surface area contributed by atoms with Crippen molar-refractivity contribution >= 4 is 18.3 Å². The summed E-state index contributed by atoms with van der Waals surface area (Å²) in [5, 5.41) is 3.32. The number of carbonyl (C=O) groups excluding carboxylic acids is 1. The molecule has 1 aromatic rings. The highest BCUT2D eigenvalue weighted by Gasteiger charge is 2.14. The predicted octanol–water partition coefficient (Wildman–Crippen LogP) is 2.43. The average molecular weight is 297 g/mol. The zero-order valence-electron chi connectivity index (χ0n) is 12.2. The monoisotopic (exact) mass is 296 g/mol. The van der Waals surface area contributed by atoms with E-state index in [-0.39, 0.29) is 12.4 Å². The van der Waals surface area contributed by atoms with Crippen LogP contribution in [-0.2, 0) is 17.6 Å². The lowest BCUT2D eigenvalue weighted by Crippen LogP contribution is -2.34. The lowest BCUT2D eigenvalue weighted by atomic mass is 10.1. The molecule has 0 atom stereocenters. The predicted molar refractivity (Wildman–Crippen MR) is 85.5 cm³/mol. The normalized spacial score (nSPS) is 15.3. The fourth-order valence-corrected chi connectivity index (χ4v) is 2.45. The summed E-state index contributed by atoms with van der Waals surface area (Å²) in [6, 6.07) is 8.62. The van der Waals surface area contributed by atoms with Crippen LogP contribution in [0.25, 0.3) is 0 Å². The largest absolute Gasteiger partial charge is 0.341 e. The van der Waals surface area contributed by atoms with Gasteiger partial charge in [-0.05, 0) is 36.9 Å². The van der Waals surface area contributed by atoms with Gasteiger partial charge in [0.05, 0.1) is 0 Å². The quantitative estimate of drug-likeness (QED) is 0.925. The SMILES string of the molecule is CCc1ccc(CCC(=O)N2CCCNCC2)cc1.Cl. The third-order valence-corrected chi connectivity index (χ3v) is 3.75. The smallest absolute Gasteiger partial charge is 0.222 e. The Morgan fingerprint density at radius 1 is 1.15 bits per heavy atom. The molecule has 1 aromatic carbocycles. The minimum atomic E-state index is 0. The van der Waals surface area contributed by atoms with E-state index in [0.717, 1.165) is 45.4 Å². The summed E-state index contributed by atoms with van der Waals surface area (Å²) in [5.41, 5.74) is 2.62. The molecular formula is C16H25ClN2O. The first-order chi connectivity index (χ1) is 9.29. The molecule has 1 aliphatic heterocycles. The summed E-state index contributed by atoms with van der Waals surface area (Å²) in [6.07, 6.45) is 3.62. The van der Waals surface area contributed by atoms with E-state index in [1.165, 1.54) is 11.1 Å². The number of halogens is 1. The van der Waals surface area contributed by atoms with E-state index in [1.54, 1.807) is 0 Å². The second-order valence-electron chi connectivity index (χ2n) is 5.15. The van der Waals surface area contributed by atoms with E-state index in [1.807, 2.05) is 4.90 Å². The lowest BCUT2D eigenvalue weighted by Gasteiger charge is -2.19. The van der Waals surface area contributed by atoms with Crippen LogP contribution in [0.5, 0.6) is 0 Å². The molecule has 1 aliphatic rings. The first kappa shape index (κ1) is 17.0. The van der Waals surface area contributed by atoms with Crippen molar-refractivity contribution in [2.75, 3.05) is 26.2 Å². The fourth-order valence-electron chi connectivity index (χ4n) is 2.45. The number of nitrogens with zero attached hydrogens (tertiary/aromatic N) is 1. The fraction of sp³-hybridized carbons (Fsp3) is 0.562. The van der Waals surface area contributed by atoms with Gasteiger partial charge in [0.25, 0.3) is 0 Å². The molecule has 2 rings (SSSR count). The van der Waals surface area contributed by atoms with Gasteiger partial charge in [0.1, 0.15) is 0 Å². The van der Waals surface area contributed by atoms with E-state index >= 15 is 0 Å². The Balaban J connectivity index is 0.00000200. The van der Waals surface area contributed by atoms with Crippen molar-refractivity contribution in [2.45, 2.75) is 32.6 Å². The van der Waals surface area contributed by atoms with Crippen LogP contribution in [0.15, 0.2) is 24.3 Å². The van der Waals surface area contributed by atoms with Crippen molar-refractivity contribution in [2.24, 2.45) is 0 Å². The lowest BCUT2D eigenvalue weighted by molar-refractivity contribution is -0.130. The first-order valence-corrected chi connectivity index (χ1v) is 7.36. The van der Waals surface area contributed by atoms with Crippen molar-refractivity contribution in [3.63, 3.8) is 0 Å². The van der Waals surface area contributed by atoms with Crippen LogP contribution in [0.1, 0.15) is 30.9 Å². The van der Waals surface area contributed by atoms with Crippen LogP contribution in [0, 0.1) is 0 Å². The van der Waals surface area contributed by atoms with Gasteiger partial charge in [-0.25, -0.2) is 0 Å². The molecule has 3 nitrogen and oxygen atoms in total. The molecule has 1 fully saturated rings. The summed E-state index contributed by atoms with van der Waals surface area (Å²) in [4.78, 5) is 14.1. The summed E-state index contributed by atoms with van der Waals surface area (Å²) in [7, 11) is 0. The number of aryl methyl sites for hydroxylation is 2. The van der Waals surface area contributed by atoms with Crippen LogP contribution in [0.2, 0.25) is 0 Å². The molecule has 0 bridgehead atoms. The van der Waals surface area contributed by atoms with E-state index in [4.69, 9.17) is 0 Å². The molecule has 0 radical (unpaired) electrons. The Morgan fingerprint density at radius 3 is 2.55 bits per heavy atom. The molecule has 1 amide bonds. The van der Waals surface area contributed by atoms with Gasteiger partial charge < -0.3 is 10.2 Å². The van der Waals surface area contributed by atoms with Crippen molar-refractivity contribution in [3.8, 4) is 0 Å². The third kappa shape index (κ3) is 5.14. The van der Waals surface area contributed by atoms with Crippen molar-refractivity contribution in [3.05, 3.63) is 35.4 Å². The second kappa shape index (κ2) is 8.98. The van der Waals surface area contributed by atoms with Crippen LogP contribution in [0.3, 0.4) is 0 Å². The van der Waals surface area contributed by atoms with E-state index < -0.39 is 0 Å². The molecule has 1 heterocycles. The van der Waals surface area contributed by atoms with Gasteiger partial charge in [0.15, 0.2) is 0 Å². The molecule has 0 saturated carbocycles. The number of benzene rings is 1. The van der Waals surface area contributed by atoms with Crippen molar-refractivity contribution < 1.29 is 4.79 Å².